The predicted molar refractivity (Wildman–Crippen MR) is 68.8 cm³/mol. The first-order valence-corrected chi connectivity index (χ1v) is 5.58. The number of anilines is 2. The highest BCUT2D eigenvalue weighted by atomic mass is 16.4. The molecule has 5 nitrogen and oxygen atoms in total. The predicted octanol–water partition coefficient (Wildman–Crippen LogP) is 2.61. The van der Waals surface area contributed by atoms with Crippen LogP contribution in [0.5, 0.6) is 0 Å². The van der Waals surface area contributed by atoms with E-state index in [1.807, 2.05) is 13.8 Å². The van der Waals surface area contributed by atoms with Gasteiger partial charge in [0.15, 0.2) is 0 Å². The summed E-state index contributed by atoms with van der Waals surface area (Å²) in [6.45, 7) is 3.76. The van der Waals surface area contributed by atoms with Crippen LogP contribution in [-0.4, -0.2) is 4.98 Å². The molecule has 0 saturated heterocycles. The van der Waals surface area contributed by atoms with Gasteiger partial charge in [0.25, 0.3) is 0 Å². The molecule has 3 N–H and O–H groups in total. The average molecular weight is 242 g/mol. The molecule has 1 heterocycles. The van der Waals surface area contributed by atoms with Gasteiger partial charge in [0.1, 0.15) is 11.8 Å². The van der Waals surface area contributed by atoms with E-state index in [0.717, 1.165) is 5.76 Å². The lowest BCUT2D eigenvalue weighted by Crippen LogP contribution is -2.08. The lowest BCUT2D eigenvalue weighted by atomic mass is 10.1. The minimum Gasteiger partial charge on any atom is -0.444 e. The molecule has 0 amide bonds. The van der Waals surface area contributed by atoms with Gasteiger partial charge < -0.3 is 15.5 Å². The van der Waals surface area contributed by atoms with Crippen LogP contribution >= 0.6 is 0 Å². The quantitative estimate of drug-likeness (QED) is 0.808. The second kappa shape index (κ2) is 4.80. The number of benzene rings is 1. The number of nitrogens with two attached hydrogens (primary N) is 1. The van der Waals surface area contributed by atoms with E-state index in [4.69, 9.17) is 15.4 Å². The zero-order chi connectivity index (χ0) is 13.1. The van der Waals surface area contributed by atoms with Gasteiger partial charge in [-0.2, -0.15) is 5.26 Å². The minimum absolute atomic E-state index is 0.116. The molecule has 2 aromatic rings. The molecule has 0 spiro atoms. The molecule has 0 aliphatic rings. The second-order valence-corrected chi connectivity index (χ2v) is 4.09. The number of oxazole rings is 1. The first kappa shape index (κ1) is 12.0. The maximum absolute atomic E-state index is 8.86. The van der Waals surface area contributed by atoms with E-state index in [2.05, 4.69) is 16.4 Å². The number of nitrogen functional groups attached to an aromatic ring is 1. The largest absolute Gasteiger partial charge is 0.444 e. The number of hydrogen-bond donors (Lipinski definition) is 2. The van der Waals surface area contributed by atoms with E-state index in [1.165, 1.54) is 0 Å². The van der Waals surface area contributed by atoms with E-state index < -0.39 is 0 Å². The number of nitrogens with one attached hydrogen (secondary N) is 1. The molecule has 0 saturated carbocycles. The molecular weight excluding hydrogens is 228 g/mol. The van der Waals surface area contributed by atoms with Crippen LogP contribution in [0.15, 0.2) is 28.8 Å². The highest BCUT2D eigenvalue weighted by Gasteiger charge is 2.12. The summed E-state index contributed by atoms with van der Waals surface area (Å²) < 4.78 is 5.43. The lowest BCUT2D eigenvalue weighted by Gasteiger charge is -2.14. The first-order chi connectivity index (χ1) is 8.60. The second-order valence-electron chi connectivity index (χ2n) is 4.09. The van der Waals surface area contributed by atoms with Crippen LogP contribution in [0.1, 0.15) is 30.2 Å². The van der Waals surface area contributed by atoms with Crippen molar-refractivity contribution < 1.29 is 4.42 Å². The number of aromatic nitrogens is 1. The highest BCUT2D eigenvalue weighted by molar-refractivity contribution is 5.68. The number of aryl methyl sites for hydroxylation is 1. The third-order valence-corrected chi connectivity index (χ3v) is 2.56. The molecule has 1 unspecified atom stereocenters. The molecular formula is C13H14N4O. The van der Waals surface area contributed by atoms with Gasteiger partial charge in [-0.3, -0.25) is 0 Å². The fraction of sp³-hybridized carbons (Fsp3) is 0.231. The normalized spacial score (nSPS) is 11.8. The van der Waals surface area contributed by atoms with Gasteiger partial charge in [-0.05, 0) is 32.0 Å². The molecule has 1 aromatic carbocycles. The van der Waals surface area contributed by atoms with Crippen LogP contribution in [0.2, 0.25) is 0 Å². The Morgan fingerprint density at radius 2 is 2.28 bits per heavy atom. The number of nitriles is 1. The Balaban J connectivity index is 2.21. The fourth-order valence-electron chi connectivity index (χ4n) is 1.62. The summed E-state index contributed by atoms with van der Waals surface area (Å²) in [6.07, 6.45) is 1.67. The third kappa shape index (κ3) is 2.43. The van der Waals surface area contributed by atoms with E-state index >= 15 is 0 Å². The van der Waals surface area contributed by atoms with Gasteiger partial charge in [-0.25, -0.2) is 4.98 Å². The summed E-state index contributed by atoms with van der Waals surface area (Å²) in [5.74, 6) is 1.35. The van der Waals surface area contributed by atoms with Crippen molar-refractivity contribution in [3.05, 3.63) is 41.6 Å². The van der Waals surface area contributed by atoms with Gasteiger partial charge in [0, 0.05) is 0 Å². The van der Waals surface area contributed by atoms with Crippen LogP contribution in [0.25, 0.3) is 0 Å². The molecule has 92 valence electrons. The van der Waals surface area contributed by atoms with Crippen molar-refractivity contribution in [1.82, 2.24) is 4.98 Å². The van der Waals surface area contributed by atoms with Crippen molar-refractivity contribution in [3.63, 3.8) is 0 Å². The van der Waals surface area contributed by atoms with Crippen molar-refractivity contribution >= 4 is 11.4 Å². The molecule has 1 aromatic heterocycles. The van der Waals surface area contributed by atoms with Crippen LogP contribution in [0.4, 0.5) is 11.4 Å². The SMILES string of the molecule is Cc1cnc(C(C)Nc2cc(C#N)ccc2N)o1. The Kier molecular flexibility index (Phi) is 3.20. The molecule has 0 fully saturated rings. The topological polar surface area (TPSA) is 87.9 Å². The smallest absolute Gasteiger partial charge is 0.216 e. The number of rotatable bonds is 3. The van der Waals surface area contributed by atoms with E-state index in [0.29, 0.717) is 22.8 Å². The Bertz CT molecular complexity index is 597. The molecule has 5 heteroatoms. The monoisotopic (exact) mass is 242 g/mol. The van der Waals surface area contributed by atoms with Crippen LogP contribution < -0.4 is 11.1 Å². The summed E-state index contributed by atoms with van der Waals surface area (Å²) >= 11 is 0. The van der Waals surface area contributed by atoms with E-state index in [1.54, 1.807) is 24.4 Å². The Morgan fingerprint density at radius 1 is 1.50 bits per heavy atom. The zero-order valence-corrected chi connectivity index (χ0v) is 10.3. The average Bonchev–Trinajstić information content (AvgIpc) is 2.79. The van der Waals surface area contributed by atoms with Gasteiger partial charge >= 0.3 is 0 Å². The summed E-state index contributed by atoms with van der Waals surface area (Å²) in [6, 6.07) is 7.06. The Morgan fingerprint density at radius 3 is 2.89 bits per heavy atom. The van der Waals surface area contributed by atoms with Crippen molar-refractivity contribution in [2.45, 2.75) is 19.9 Å². The first-order valence-electron chi connectivity index (χ1n) is 5.58. The van der Waals surface area contributed by atoms with Crippen molar-refractivity contribution in [2.24, 2.45) is 0 Å². The maximum Gasteiger partial charge on any atom is 0.216 e. The number of hydrogen-bond acceptors (Lipinski definition) is 5. The van der Waals surface area contributed by atoms with E-state index in [-0.39, 0.29) is 6.04 Å². The summed E-state index contributed by atoms with van der Waals surface area (Å²) in [4.78, 5) is 4.15. The Hall–Kier alpha value is -2.48. The molecule has 2 rings (SSSR count). The molecule has 0 aliphatic carbocycles. The standard InChI is InChI=1S/C13H14N4O/c1-8-7-16-13(18-8)9(2)17-12-5-10(6-14)3-4-11(12)15/h3-5,7,9,17H,15H2,1-2H3. The Labute approximate surface area is 105 Å². The highest BCUT2D eigenvalue weighted by Crippen LogP contribution is 2.25. The minimum atomic E-state index is -0.116. The summed E-state index contributed by atoms with van der Waals surface area (Å²) in [5, 5.41) is 12.0. The van der Waals surface area contributed by atoms with Gasteiger partial charge in [0.05, 0.1) is 29.2 Å². The number of nitrogens with zero attached hydrogens (tertiary/aromatic N) is 2. The summed E-state index contributed by atoms with van der Waals surface area (Å²) in [7, 11) is 0. The third-order valence-electron chi connectivity index (χ3n) is 2.56. The molecule has 18 heavy (non-hydrogen) atoms. The van der Waals surface area contributed by atoms with Crippen molar-refractivity contribution in [3.8, 4) is 6.07 Å². The summed E-state index contributed by atoms with van der Waals surface area (Å²) in [5.41, 5.74) is 7.70. The van der Waals surface area contributed by atoms with Crippen LogP contribution in [0.3, 0.4) is 0 Å². The van der Waals surface area contributed by atoms with Crippen LogP contribution in [0, 0.1) is 18.3 Å². The van der Waals surface area contributed by atoms with Crippen LogP contribution in [-0.2, 0) is 0 Å². The van der Waals surface area contributed by atoms with Gasteiger partial charge in [-0.1, -0.05) is 0 Å². The maximum atomic E-state index is 8.86. The van der Waals surface area contributed by atoms with Gasteiger partial charge in [0.2, 0.25) is 5.89 Å². The molecule has 0 radical (unpaired) electrons. The molecule has 0 aliphatic heterocycles. The lowest BCUT2D eigenvalue weighted by molar-refractivity contribution is 0.454. The zero-order valence-electron chi connectivity index (χ0n) is 10.3. The molecule has 0 bridgehead atoms. The molecule has 1 atom stereocenters. The van der Waals surface area contributed by atoms with Gasteiger partial charge in [-0.15, -0.1) is 0 Å². The van der Waals surface area contributed by atoms with Crippen molar-refractivity contribution in [2.75, 3.05) is 11.1 Å². The van der Waals surface area contributed by atoms with E-state index in [9.17, 15) is 0 Å². The fourth-order valence-corrected chi connectivity index (χ4v) is 1.62. The van der Waals surface area contributed by atoms with Crippen molar-refractivity contribution in [1.29, 1.82) is 5.26 Å².